The number of carboxylic acids is 1. The predicted octanol–water partition coefficient (Wildman–Crippen LogP) is 2.52. The topological polar surface area (TPSA) is 75.8 Å². The Bertz CT molecular complexity index is 614. The van der Waals surface area contributed by atoms with E-state index in [1.165, 1.54) is 5.06 Å². The van der Waals surface area contributed by atoms with Crippen molar-refractivity contribution in [2.75, 3.05) is 13.2 Å². The van der Waals surface area contributed by atoms with Crippen molar-refractivity contribution in [2.45, 2.75) is 19.5 Å². The maximum Gasteiger partial charge on any atom is 0.323 e. The Balaban J connectivity index is 2.09. The molecule has 0 amide bonds. The second-order valence-corrected chi connectivity index (χ2v) is 5.27. The fraction of sp³-hybridized carbons (Fsp3) is 0.278. The van der Waals surface area contributed by atoms with Crippen LogP contribution in [0.15, 0.2) is 54.6 Å². The number of rotatable bonds is 8. The Morgan fingerprint density at radius 2 is 1.74 bits per heavy atom. The molecule has 0 saturated heterocycles. The van der Waals surface area contributed by atoms with E-state index < -0.39 is 12.0 Å². The summed E-state index contributed by atoms with van der Waals surface area (Å²) in [5.74, 6) is -0.928. The number of nitrogens with zero attached hydrogens (tertiary/aromatic N) is 1. The highest BCUT2D eigenvalue weighted by atomic mass is 16.7. The number of hydroxylamine groups is 2. The molecular formula is C18H22N2O3. The molecule has 2 aromatic rings. The maximum absolute atomic E-state index is 11.2. The standard InChI is InChI=1S/C18H22N2O3/c1-14(18(21)22)20(23-12-11-19)13-15-7-9-17(10-8-15)16-5-3-2-4-6-16/h2-10,14H,11-13,19H2,1H3,(H,21,22). The zero-order valence-electron chi connectivity index (χ0n) is 13.2. The molecule has 1 unspecified atom stereocenters. The zero-order valence-corrected chi connectivity index (χ0v) is 13.2. The second kappa shape index (κ2) is 8.43. The van der Waals surface area contributed by atoms with Crippen molar-refractivity contribution in [1.82, 2.24) is 5.06 Å². The van der Waals surface area contributed by atoms with Crippen LogP contribution >= 0.6 is 0 Å². The van der Waals surface area contributed by atoms with Gasteiger partial charge in [-0.1, -0.05) is 54.6 Å². The van der Waals surface area contributed by atoms with Crippen molar-refractivity contribution in [3.63, 3.8) is 0 Å². The van der Waals surface area contributed by atoms with Crippen LogP contribution in [0.1, 0.15) is 12.5 Å². The van der Waals surface area contributed by atoms with Crippen LogP contribution in [0.3, 0.4) is 0 Å². The van der Waals surface area contributed by atoms with Crippen LogP contribution < -0.4 is 5.73 Å². The van der Waals surface area contributed by atoms with E-state index in [1.807, 2.05) is 42.5 Å². The molecule has 0 aliphatic rings. The van der Waals surface area contributed by atoms with Gasteiger partial charge < -0.3 is 10.8 Å². The molecule has 2 rings (SSSR count). The SMILES string of the molecule is CC(C(=O)O)N(Cc1ccc(-c2ccccc2)cc1)OCCN. The Labute approximate surface area is 136 Å². The third kappa shape index (κ3) is 4.89. The van der Waals surface area contributed by atoms with Crippen LogP contribution in [-0.4, -0.2) is 35.3 Å². The van der Waals surface area contributed by atoms with Gasteiger partial charge in [-0.25, -0.2) is 0 Å². The molecule has 0 aromatic heterocycles. The van der Waals surface area contributed by atoms with E-state index in [2.05, 4.69) is 12.1 Å². The summed E-state index contributed by atoms with van der Waals surface area (Å²) in [4.78, 5) is 16.6. The first kappa shape index (κ1) is 17.1. The highest BCUT2D eigenvalue weighted by Crippen LogP contribution is 2.20. The van der Waals surface area contributed by atoms with E-state index in [4.69, 9.17) is 15.7 Å². The number of carboxylic acid groups (broad SMARTS) is 1. The number of aliphatic carboxylic acids is 1. The van der Waals surface area contributed by atoms with Crippen LogP contribution in [0.25, 0.3) is 11.1 Å². The van der Waals surface area contributed by atoms with Crippen LogP contribution in [0.2, 0.25) is 0 Å². The molecule has 5 heteroatoms. The summed E-state index contributed by atoms with van der Waals surface area (Å²) in [7, 11) is 0. The molecular weight excluding hydrogens is 292 g/mol. The van der Waals surface area contributed by atoms with Gasteiger partial charge in [0.1, 0.15) is 6.04 Å². The summed E-state index contributed by atoms with van der Waals surface area (Å²) in [6.45, 7) is 2.62. The Hall–Kier alpha value is -2.21. The van der Waals surface area contributed by atoms with Gasteiger partial charge in [0.25, 0.3) is 0 Å². The lowest BCUT2D eigenvalue weighted by molar-refractivity contribution is -0.199. The van der Waals surface area contributed by atoms with E-state index in [0.29, 0.717) is 19.7 Å². The normalized spacial score (nSPS) is 12.3. The van der Waals surface area contributed by atoms with Gasteiger partial charge in [-0.3, -0.25) is 9.63 Å². The molecule has 0 saturated carbocycles. The lowest BCUT2D eigenvalue weighted by Crippen LogP contribution is -2.39. The smallest absolute Gasteiger partial charge is 0.323 e. The number of benzene rings is 2. The summed E-state index contributed by atoms with van der Waals surface area (Å²) in [6, 6.07) is 17.4. The molecule has 3 N–H and O–H groups in total. The summed E-state index contributed by atoms with van der Waals surface area (Å²) in [5, 5.41) is 10.6. The van der Waals surface area contributed by atoms with Crippen molar-refractivity contribution >= 4 is 5.97 Å². The van der Waals surface area contributed by atoms with E-state index in [-0.39, 0.29) is 0 Å². The van der Waals surface area contributed by atoms with E-state index >= 15 is 0 Å². The highest BCUT2D eigenvalue weighted by Gasteiger charge is 2.21. The Morgan fingerprint density at radius 1 is 1.13 bits per heavy atom. The predicted molar refractivity (Wildman–Crippen MR) is 89.5 cm³/mol. The number of carbonyl (C=O) groups is 1. The fourth-order valence-electron chi connectivity index (χ4n) is 2.20. The van der Waals surface area contributed by atoms with Gasteiger partial charge >= 0.3 is 5.97 Å². The quantitative estimate of drug-likeness (QED) is 0.732. The fourth-order valence-corrected chi connectivity index (χ4v) is 2.20. The average Bonchev–Trinajstić information content (AvgIpc) is 2.59. The highest BCUT2D eigenvalue weighted by molar-refractivity contribution is 5.72. The molecule has 0 bridgehead atoms. The third-order valence-corrected chi connectivity index (χ3v) is 3.56. The summed E-state index contributed by atoms with van der Waals surface area (Å²) >= 11 is 0. The molecule has 2 aromatic carbocycles. The lowest BCUT2D eigenvalue weighted by atomic mass is 10.0. The van der Waals surface area contributed by atoms with Crippen LogP contribution in [0.5, 0.6) is 0 Å². The van der Waals surface area contributed by atoms with E-state index in [1.54, 1.807) is 6.92 Å². The van der Waals surface area contributed by atoms with Crippen LogP contribution in [0, 0.1) is 0 Å². The van der Waals surface area contributed by atoms with E-state index in [0.717, 1.165) is 16.7 Å². The molecule has 122 valence electrons. The van der Waals surface area contributed by atoms with Gasteiger partial charge in [-0.05, 0) is 23.6 Å². The number of hydrogen-bond acceptors (Lipinski definition) is 4. The molecule has 0 heterocycles. The molecule has 1 atom stereocenters. The van der Waals surface area contributed by atoms with Crippen molar-refractivity contribution < 1.29 is 14.7 Å². The molecule has 0 radical (unpaired) electrons. The molecule has 5 nitrogen and oxygen atoms in total. The summed E-state index contributed by atoms with van der Waals surface area (Å²) < 4.78 is 0. The number of hydrogen-bond donors (Lipinski definition) is 2. The lowest BCUT2D eigenvalue weighted by Gasteiger charge is -2.25. The Morgan fingerprint density at radius 3 is 2.30 bits per heavy atom. The van der Waals surface area contributed by atoms with Gasteiger partial charge in [0, 0.05) is 6.54 Å². The van der Waals surface area contributed by atoms with Crippen molar-refractivity contribution in [3.8, 4) is 11.1 Å². The number of nitrogens with two attached hydrogens (primary N) is 1. The van der Waals surface area contributed by atoms with Crippen LogP contribution in [-0.2, 0) is 16.2 Å². The first-order valence-corrected chi connectivity index (χ1v) is 7.58. The van der Waals surface area contributed by atoms with Gasteiger partial charge in [0.15, 0.2) is 0 Å². The Kier molecular flexibility index (Phi) is 6.29. The van der Waals surface area contributed by atoms with Crippen molar-refractivity contribution in [1.29, 1.82) is 0 Å². The van der Waals surface area contributed by atoms with Gasteiger partial charge in [0.2, 0.25) is 0 Å². The van der Waals surface area contributed by atoms with E-state index in [9.17, 15) is 4.79 Å². The monoisotopic (exact) mass is 314 g/mol. The first-order chi connectivity index (χ1) is 11.1. The van der Waals surface area contributed by atoms with Crippen molar-refractivity contribution in [2.24, 2.45) is 5.73 Å². The van der Waals surface area contributed by atoms with Crippen LogP contribution in [0.4, 0.5) is 0 Å². The maximum atomic E-state index is 11.2. The largest absolute Gasteiger partial charge is 0.480 e. The summed E-state index contributed by atoms with van der Waals surface area (Å²) in [5.41, 5.74) is 8.68. The van der Waals surface area contributed by atoms with Gasteiger partial charge in [0.05, 0.1) is 13.2 Å². The average molecular weight is 314 g/mol. The summed E-state index contributed by atoms with van der Waals surface area (Å²) in [6.07, 6.45) is 0. The molecule has 0 aliphatic carbocycles. The zero-order chi connectivity index (χ0) is 16.7. The molecule has 0 aliphatic heterocycles. The minimum Gasteiger partial charge on any atom is -0.480 e. The van der Waals surface area contributed by atoms with Crippen molar-refractivity contribution in [3.05, 3.63) is 60.2 Å². The molecule has 0 spiro atoms. The minimum atomic E-state index is -0.928. The molecule has 0 fully saturated rings. The second-order valence-electron chi connectivity index (χ2n) is 5.27. The van der Waals surface area contributed by atoms with Gasteiger partial charge in [-0.15, -0.1) is 0 Å². The van der Waals surface area contributed by atoms with Gasteiger partial charge in [-0.2, -0.15) is 5.06 Å². The first-order valence-electron chi connectivity index (χ1n) is 7.58. The third-order valence-electron chi connectivity index (χ3n) is 3.56. The minimum absolute atomic E-state index is 0.291. The molecule has 23 heavy (non-hydrogen) atoms.